The van der Waals surface area contributed by atoms with Crippen LogP contribution in [0.5, 0.6) is 0 Å². The fourth-order valence-electron chi connectivity index (χ4n) is 0.676. The van der Waals surface area contributed by atoms with Gasteiger partial charge in [0.05, 0.1) is 5.02 Å². The van der Waals surface area contributed by atoms with E-state index in [0.717, 1.165) is 10.3 Å². The molecular formula is C7H8ClNO2S2. The van der Waals surface area contributed by atoms with Crippen molar-refractivity contribution in [2.45, 2.75) is 6.54 Å². The maximum Gasteiger partial charge on any atom is 0.233 e. The molecule has 0 amide bonds. The van der Waals surface area contributed by atoms with Crippen LogP contribution in [0.4, 0.5) is 0 Å². The van der Waals surface area contributed by atoms with Crippen LogP contribution in [0.25, 0.3) is 0 Å². The van der Waals surface area contributed by atoms with Crippen LogP contribution in [0.15, 0.2) is 23.4 Å². The summed E-state index contributed by atoms with van der Waals surface area (Å²) in [5.41, 5.74) is 0. The third kappa shape index (κ3) is 3.11. The van der Waals surface area contributed by atoms with Crippen molar-refractivity contribution in [3.8, 4) is 0 Å². The number of nitrogens with one attached hydrogen (secondary N) is 1. The highest BCUT2D eigenvalue weighted by atomic mass is 35.5. The van der Waals surface area contributed by atoms with Gasteiger partial charge in [-0.2, -0.15) is 0 Å². The molecule has 0 aliphatic heterocycles. The van der Waals surface area contributed by atoms with Crippen LogP contribution >= 0.6 is 22.9 Å². The summed E-state index contributed by atoms with van der Waals surface area (Å²) < 4.78 is 24.2. The van der Waals surface area contributed by atoms with E-state index in [9.17, 15) is 8.42 Å². The molecule has 0 saturated heterocycles. The number of sulfonamides is 1. The van der Waals surface area contributed by atoms with Gasteiger partial charge in [0.1, 0.15) is 0 Å². The SMILES string of the molecule is C=CS(=O)(=O)NCc1sccc1Cl. The summed E-state index contributed by atoms with van der Waals surface area (Å²) in [5.74, 6) is 0. The molecule has 0 aliphatic carbocycles. The van der Waals surface area contributed by atoms with Gasteiger partial charge in [-0.15, -0.1) is 11.3 Å². The molecule has 1 rings (SSSR count). The zero-order valence-electron chi connectivity index (χ0n) is 6.66. The number of halogens is 1. The molecule has 13 heavy (non-hydrogen) atoms. The monoisotopic (exact) mass is 237 g/mol. The molecule has 1 aromatic rings. The van der Waals surface area contributed by atoms with E-state index in [0.29, 0.717) is 5.02 Å². The fourth-order valence-corrected chi connectivity index (χ4v) is 2.27. The molecule has 0 bridgehead atoms. The predicted octanol–water partition coefficient (Wildman–Crippen LogP) is 1.96. The lowest BCUT2D eigenvalue weighted by Crippen LogP contribution is -2.19. The lowest BCUT2D eigenvalue weighted by atomic mass is 10.5. The van der Waals surface area contributed by atoms with E-state index in [1.165, 1.54) is 11.3 Å². The highest BCUT2D eigenvalue weighted by Gasteiger charge is 2.06. The largest absolute Gasteiger partial charge is 0.233 e. The zero-order chi connectivity index (χ0) is 9.90. The van der Waals surface area contributed by atoms with Gasteiger partial charge in [-0.1, -0.05) is 18.2 Å². The minimum Gasteiger partial charge on any atom is -0.208 e. The molecule has 3 nitrogen and oxygen atoms in total. The molecule has 0 spiro atoms. The zero-order valence-corrected chi connectivity index (χ0v) is 9.05. The number of thiophene rings is 1. The Hall–Kier alpha value is -0.360. The summed E-state index contributed by atoms with van der Waals surface area (Å²) in [6, 6.07) is 1.73. The average Bonchev–Trinajstić information content (AvgIpc) is 2.48. The quantitative estimate of drug-likeness (QED) is 0.870. The van der Waals surface area contributed by atoms with Crippen LogP contribution in [0.1, 0.15) is 4.88 Å². The van der Waals surface area contributed by atoms with E-state index in [4.69, 9.17) is 11.6 Å². The summed E-state index contributed by atoms with van der Waals surface area (Å²) in [5, 5.41) is 3.26. The molecule has 1 heterocycles. The van der Waals surface area contributed by atoms with Crippen LogP contribution in [0.2, 0.25) is 5.02 Å². The van der Waals surface area contributed by atoms with Crippen molar-refractivity contribution in [2.75, 3.05) is 0 Å². The fraction of sp³-hybridized carbons (Fsp3) is 0.143. The second-order valence-corrected chi connectivity index (χ2v) is 5.34. The first kappa shape index (κ1) is 10.7. The van der Waals surface area contributed by atoms with Crippen LogP contribution in [0.3, 0.4) is 0 Å². The van der Waals surface area contributed by atoms with Gasteiger partial charge < -0.3 is 0 Å². The molecule has 0 atom stereocenters. The molecular weight excluding hydrogens is 230 g/mol. The third-order valence-corrected chi connectivity index (χ3v) is 3.72. The van der Waals surface area contributed by atoms with Gasteiger partial charge >= 0.3 is 0 Å². The van der Waals surface area contributed by atoms with Gasteiger partial charge in [-0.05, 0) is 11.4 Å². The Kier molecular flexibility index (Phi) is 3.49. The Bertz CT molecular complexity index is 396. The van der Waals surface area contributed by atoms with Gasteiger partial charge in [0.25, 0.3) is 0 Å². The number of rotatable bonds is 4. The second kappa shape index (κ2) is 4.23. The third-order valence-electron chi connectivity index (χ3n) is 1.34. The van der Waals surface area contributed by atoms with E-state index >= 15 is 0 Å². The molecule has 0 fully saturated rings. The minimum atomic E-state index is -3.35. The minimum absolute atomic E-state index is 0.213. The van der Waals surface area contributed by atoms with Crippen molar-refractivity contribution in [1.29, 1.82) is 0 Å². The molecule has 0 unspecified atom stereocenters. The average molecular weight is 238 g/mol. The van der Waals surface area contributed by atoms with Gasteiger partial charge in [-0.3, -0.25) is 0 Å². The Labute approximate surface area is 86.1 Å². The van der Waals surface area contributed by atoms with Crippen LogP contribution in [0, 0.1) is 0 Å². The molecule has 0 aliphatic rings. The molecule has 6 heteroatoms. The normalized spacial score (nSPS) is 11.5. The Morgan fingerprint density at radius 3 is 2.85 bits per heavy atom. The summed E-state index contributed by atoms with van der Waals surface area (Å²) in [6.45, 7) is 3.39. The highest BCUT2D eigenvalue weighted by molar-refractivity contribution is 7.92. The molecule has 0 radical (unpaired) electrons. The van der Waals surface area contributed by atoms with E-state index in [2.05, 4.69) is 11.3 Å². The van der Waals surface area contributed by atoms with Crippen molar-refractivity contribution in [2.24, 2.45) is 0 Å². The van der Waals surface area contributed by atoms with E-state index in [-0.39, 0.29) is 6.54 Å². The van der Waals surface area contributed by atoms with Gasteiger partial charge in [-0.25, -0.2) is 13.1 Å². The van der Waals surface area contributed by atoms with Crippen molar-refractivity contribution >= 4 is 33.0 Å². The van der Waals surface area contributed by atoms with Crippen molar-refractivity contribution in [3.05, 3.63) is 33.3 Å². The standard InChI is InChI=1S/C7H8ClNO2S2/c1-2-13(10,11)9-5-7-6(8)3-4-12-7/h2-4,9H,1,5H2. The smallest absolute Gasteiger partial charge is 0.208 e. The number of hydrogen-bond acceptors (Lipinski definition) is 3. The molecule has 0 saturated carbocycles. The topological polar surface area (TPSA) is 46.2 Å². The van der Waals surface area contributed by atoms with Gasteiger partial charge in [0.15, 0.2) is 0 Å². The van der Waals surface area contributed by atoms with Crippen molar-refractivity contribution in [3.63, 3.8) is 0 Å². The van der Waals surface area contributed by atoms with Crippen LogP contribution < -0.4 is 4.72 Å². The lowest BCUT2D eigenvalue weighted by molar-refractivity contribution is 0.591. The van der Waals surface area contributed by atoms with Crippen LogP contribution in [-0.2, 0) is 16.6 Å². The Morgan fingerprint density at radius 1 is 1.69 bits per heavy atom. The molecule has 72 valence electrons. The van der Waals surface area contributed by atoms with E-state index in [1.54, 1.807) is 11.4 Å². The lowest BCUT2D eigenvalue weighted by Gasteiger charge is -1.99. The Balaban J connectivity index is 2.63. The highest BCUT2D eigenvalue weighted by Crippen LogP contribution is 2.21. The first-order chi connectivity index (χ1) is 6.05. The van der Waals surface area contributed by atoms with Crippen LogP contribution in [-0.4, -0.2) is 8.42 Å². The molecule has 0 aromatic carbocycles. The second-order valence-electron chi connectivity index (χ2n) is 2.22. The predicted molar refractivity (Wildman–Crippen MR) is 55.3 cm³/mol. The summed E-state index contributed by atoms with van der Waals surface area (Å²) in [7, 11) is -3.35. The van der Waals surface area contributed by atoms with Crippen molar-refractivity contribution < 1.29 is 8.42 Å². The Morgan fingerprint density at radius 2 is 2.38 bits per heavy atom. The summed E-state index contributed by atoms with van der Waals surface area (Å²) in [6.07, 6.45) is 0. The summed E-state index contributed by atoms with van der Waals surface area (Å²) in [4.78, 5) is 0.798. The van der Waals surface area contributed by atoms with Gasteiger partial charge in [0, 0.05) is 16.8 Å². The molecule has 1 aromatic heterocycles. The van der Waals surface area contributed by atoms with Gasteiger partial charge in [0.2, 0.25) is 10.0 Å². The van der Waals surface area contributed by atoms with E-state index in [1.807, 2.05) is 0 Å². The maximum atomic E-state index is 10.9. The first-order valence-electron chi connectivity index (χ1n) is 3.39. The van der Waals surface area contributed by atoms with Crippen molar-refractivity contribution in [1.82, 2.24) is 4.72 Å². The number of hydrogen-bond donors (Lipinski definition) is 1. The van der Waals surface area contributed by atoms with E-state index < -0.39 is 10.0 Å². The summed E-state index contributed by atoms with van der Waals surface area (Å²) >= 11 is 7.17. The first-order valence-corrected chi connectivity index (χ1v) is 6.19. The molecule has 1 N–H and O–H groups in total. The maximum absolute atomic E-state index is 10.9.